The molecule has 5 heteroatoms. The van der Waals surface area contributed by atoms with Gasteiger partial charge in [-0.3, -0.25) is 9.59 Å². The predicted molar refractivity (Wildman–Crippen MR) is 109 cm³/mol. The first-order valence-electron chi connectivity index (χ1n) is 9.07. The van der Waals surface area contributed by atoms with E-state index in [0.29, 0.717) is 17.1 Å². The number of ether oxygens (including phenoxy) is 1. The minimum absolute atomic E-state index is 0.0271. The summed E-state index contributed by atoms with van der Waals surface area (Å²) in [7, 11) is 1.70. The quantitative estimate of drug-likeness (QED) is 0.758. The van der Waals surface area contributed by atoms with Crippen molar-refractivity contribution in [3.05, 3.63) is 90.0 Å². The van der Waals surface area contributed by atoms with E-state index in [1.165, 1.54) is 0 Å². The van der Waals surface area contributed by atoms with Crippen LogP contribution in [0, 0.1) is 0 Å². The zero-order valence-corrected chi connectivity index (χ0v) is 15.5. The zero-order valence-electron chi connectivity index (χ0n) is 15.5. The Kier molecular flexibility index (Phi) is 4.81. The number of carbonyl (C=O) groups excluding carboxylic acids is 2. The van der Waals surface area contributed by atoms with Gasteiger partial charge in [-0.15, -0.1) is 0 Å². The monoisotopic (exact) mass is 372 g/mol. The van der Waals surface area contributed by atoms with Crippen LogP contribution in [0.2, 0.25) is 0 Å². The van der Waals surface area contributed by atoms with Crippen LogP contribution in [0.25, 0.3) is 0 Å². The van der Waals surface area contributed by atoms with E-state index in [9.17, 15) is 9.59 Å². The fourth-order valence-electron chi connectivity index (χ4n) is 3.35. The molecule has 0 saturated heterocycles. The standard InChI is InChI=1S/C23H20N2O3/c1-25-19-14-18(12-13-20(19)28-15-21(25)26)24-23(27)22(16-8-4-2-5-9-16)17-10-6-3-7-11-17/h2-14,22H,15H2,1H3,(H,24,27). The van der Waals surface area contributed by atoms with E-state index >= 15 is 0 Å². The van der Waals surface area contributed by atoms with Crippen molar-refractivity contribution >= 4 is 23.2 Å². The van der Waals surface area contributed by atoms with Crippen molar-refractivity contribution in [3.63, 3.8) is 0 Å². The molecule has 5 nitrogen and oxygen atoms in total. The number of benzene rings is 3. The third kappa shape index (κ3) is 3.47. The molecular formula is C23H20N2O3. The topological polar surface area (TPSA) is 58.6 Å². The summed E-state index contributed by atoms with van der Waals surface area (Å²) in [6.07, 6.45) is 0. The molecule has 3 aromatic rings. The van der Waals surface area contributed by atoms with Crippen molar-refractivity contribution in [1.29, 1.82) is 0 Å². The maximum absolute atomic E-state index is 13.2. The van der Waals surface area contributed by atoms with Gasteiger partial charge in [-0.2, -0.15) is 0 Å². The molecule has 1 heterocycles. The van der Waals surface area contributed by atoms with E-state index in [-0.39, 0.29) is 18.4 Å². The molecule has 4 rings (SSSR count). The molecule has 0 fully saturated rings. The van der Waals surface area contributed by atoms with Crippen molar-refractivity contribution < 1.29 is 14.3 Å². The highest BCUT2D eigenvalue weighted by molar-refractivity contribution is 6.01. The van der Waals surface area contributed by atoms with Crippen LogP contribution < -0.4 is 15.0 Å². The SMILES string of the molecule is CN1C(=O)COc2ccc(NC(=O)C(c3ccccc3)c3ccccc3)cc21. The lowest BCUT2D eigenvalue weighted by molar-refractivity contribution is -0.121. The molecule has 0 saturated carbocycles. The van der Waals surface area contributed by atoms with Gasteiger partial charge in [0.25, 0.3) is 5.91 Å². The number of hydrogen-bond donors (Lipinski definition) is 1. The van der Waals surface area contributed by atoms with Crippen LogP contribution >= 0.6 is 0 Å². The molecule has 0 spiro atoms. The molecule has 140 valence electrons. The first kappa shape index (κ1) is 17.8. The number of fused-ring (bicyclic) bond motifs is 1. The number of hydrogen-bond acceptors (Lipinski definition) is 3. The molecule has 0 bridgehead atoms. The van der Waals surface area contributed by atoms with Gasteiger partial charge < -0.3 is 15.0 Å². The maximum atomic E-state index is 13.2. The number of rotatable bonds is 4. The summed E-state index contributed by atoms with van der Waals surface area (Å²) >= 11 is 0. The van der Waals surface area contributed by atoms with Crippen LogP contribution in [-0.2, 0) is 9.59 Å². The van der Waals surface area contributed by atoms with Gasteiger partial charge in [-0.25, -0.2) is 0 Å². The summed E-state index contributed by atoms with van der Waals surface area (Å²) in [6.45, 7) is 0.0271. The summed E-state index contributed by atoms with van der Waals surface area (Å²) in [5, 5.41) is 2.99. The first-order valence-corrected chi connectivity index (χ1v) is 9.07. The molecule has 0 radical (unpaired) electrons. The molecule has 1 aliphatic heterocycles. The third-order valence-electron chi connectivity index (χ3n) is 4.84. The van der Waals surface area contributed by atoms with Crippen LogP contribution in [0.15, 0.2) is 78.9 Å². The van der Waals surface area contributed by atoms with E-state index < -0.39 is 5.92 Å². The van der Waals surface area contributed by atoms with E-state index in [0.717, 1.165) is 11.1 Å². The van der Waals surface area contributed by atoms with Gasteiger partial charge in [0.2, 0.25) is 5.91 Å². The lowest BCUT2D eigenvalue weighted by Gasteiger charge is -2.26. The van der Waals surface area contributed by atoms with E-state index in [2.05, 4.69) is 5.32 Å². The molecule has 1 aliphatic rings. The Bertz CT molecular complexity index is 963. The smallest absolute Gasteiger partial charge is 0.264 e. The van der Waals surface area contributed by atoms with Crippen LogP contribution in [0.5, 0.6) is 5.75 Å². The van der Waals surface area contributed by atoms with Gasteiger partial charge in [0, 0.05) is 12.7 Å². The normalized spacial score (nSPS) is 13.1. The second kappa shape index (κ2) is 7.56. The lowest BCUT2D eigenvalue weighted by atomic mass is 9.90. The Morgan fingerprint density at radius 3 is 2.18 bits per heavy atom. The zero-order chi connectivity index (χ0) is 19.5. The number of nitrogens with one attached hydrogen (secondary N) is 1. The third-order valence-corrected chi connectivity index (χ3v) is 4.84. The molecule has 28 heavy (non-hydrogen) atoms. The Morgan fingerprint density at radius 2 is 1.57 bits per heavy atom. The number of amides is 2. The van der Waals surface area contributed by atoms with Crippen molar-refractivity contribution in [3.8, 4) is 5.75 Å². The highest BCUT2D eigenvalue weighted by atomic mass is 16.5. The predicted octanol–water partition coefficient (Wildman–Crippen LogP) is 3.81. The largest absolute Gasteiger partial charge is 0.482 e. The van der Waals surface area contributed by atoms with Crippen molar-refractivity contribution in [2.75, 3.05) is 23.9 Å². The molecule has 1 N–H and O–H groups in total. The van der Waals surface area contributed by atoms with Crippen molar-refractivity contribution in [1.82, 2.24) is 0 Å². The van der Waals surface area contributed by atoms with Gasteiger partial charge in [-0.05, 0) is 29.3 Å². The molecule has 0 aromatic heterocycles. The molecule has 0 atom stereocenters. The van der Waals surface area contributed by atoms with Gasteiger partial charge >= 0.3 is 0 Å². The summed E-state index contributed by atoms with van der Waals surface area (Å²) in [5.41, 5.74) is 3.09. The Hall–Kier alpha value is -3.60. The fourth-order valence-corrected chi connectivity index (χ4v) is 3.35. The average molecular weight is 372 g/mol. The molecule has 2 amide bonds. The minimum atomic E-state index is -0.436. The summed E-state index contributed by atoms with van der Waals surface area (Å²) in [4.78, 5) is 26.6. The van der Waals surface area contributed by atoms with Gasteiger partial charge in [-0.1, -0.05) is 60.7 Å². The Balaban J connectivity index is 1.65. The summed E-state index contributed by atoms with van der Waals surface area (Å²) in [6, 6.07) is 24.7. The summed E-state index contributed by atoms with van der Waals surface area (Å²) in [5.74, 6) is -0.0673. The van der Waals surface area contributed by atoms with E-state index in [1.807, 2.05) is 60.7 Å². The minimum Gasteiger partial charge on any atom is -0.482 e. The van der Waals surface area contributed by atoms with E-state index in [1.54, 1.807) is 30.1 Å². The van der Waals surface area contributed by atoms with Crippen LogP contribution in [0.3, 0.4) is 0 Å². The second-order valence-electron chi connectivity index (χ2n) is 6.67. The number of carbonyl (C=O) groups is 2. The highest BCUT2D eigenvalue weighted by Crippen LogP contribution is 2.34. The average Bonchev–Trinajstić information content (AvgIpc) is 2.73. The van der Waals surface area contributed by atoms with Crippen LogP contribution in [0.1, 0.15) is 17.0 Å². The van der Waals surface area contributed by atoms with Gasteiger partial charge in [0.05, 0.1) is 11.6 Å². The van der Waals surface area contributed by atoms with Crippen LogP contribution in [-0.4, -0.2) is 25.5 Å². The Morgan fingerprint density at radius 1 is 0.964 bits per heavy atom. The van der Waals surface area contributed by atoms with Crippen molar-refractivity contribution in [2.24, 2.45) is 0 Å². The molecule has 0 aliphatic carbocycles. The maximum Gasteiger partial charge on any atom is 0.264 e. The highest BCUT2D eigenvalue weighted by Gasteiger charge is 2.25. The van der Waals surface area contributed by atoms with Crippen LogP contribution in [0.4, 0.5) is 11.4 Å². The van der Waals surface area contributed by atoms with Crippen molar-refractivity contribution in [2.45, 2.75) is 5.92 Å². The number of likely N-dealkylation sites (N-methyl/N-ethyl adjacent to an activating group) is 1. The number of nitrogens with zero attached hydrogens (tertiary/aromatic N) is 1. The molecule has 0 unspecified atom stereocenters. The fraction of sp³-hybridized carbons (Fsp3) is 0.130. The summed E-state index contributed by atoms with van der Waals surface area (Å²) < 4.78 is 5.45. The second-order valence-corrected chi connectivity index (χ2v) is 6.67. The van der Waals surface area contributed by atoms with E-state index in [4.69, 9.17) is 4.74 Å². The first-order chi connectivity index (χ1) is 13.6. The number of anilines is 2. The van der Waals surface area contributed by atoms with Gasteiger partial charge in [0.15, 0.2) is 6.61 Å². The molecular weight excluding hydrogens is 352 g/mol. The lowest BCUT2D eigenvalue weighted by Crippen LogP contribution is -2.35. The van der Waals surface area contributed by atoms with Gasteiger partial charge in [0.1, 0.15) is 5.75 Å². The molecule has 3 aromatic carbocycles. The Labute approximate surface area is 163 Å².